The molecule has 0 radical (unpaired) electrons. The molecule has 130 valence electrons. The number of thiazole rings is 1. The SMILES string of the molecule is Cc1ccc(-c2csc3nc(NC(=O)c4ccccc4I)nn23)c(C)c1. The predicted octanol–water partition coefficient (Wildman–Crippen LogP) is 4.93. The Morgan fingerprint density at radius 1 is 1.19 bits per heavy atom. The lowest BCUT2D eigenvalue weighted by Crippen LogP contribution is -2.14. The summed E-state index contributed by atoms with van der Waals surface area (Å²) in [5.74, 6) is 0.105. The largest absolute Gasteiger partial charge is 0.289 e. The van der Waals surface area contributed by atoms with Gasteiger partial charge in [0, 0.05) is 14.5 Å². The number of benzene rings is 2. The highest BCUT2D eigenvalue weighted by atomic mass is 127. The quantitative estimate of drug-likeness (QED) is 0.429. The number of carbonyl (C=O) groups is 1. The molecule has 0 aliphatic rings. The van der Waals surface area contributed by atoms with Crippen LogP contribution < -0.4 is 5.32 Å². The Kier molecular flexibility index (Phi) is 4.49. The predicted molar refractivity (Wildman–Crippen MR) is 113 cm³/mol. The number of aryl methyl sites for hydroxylation is 2. The number of nitrogens with one attached hydrogen (secondary N) is 1. The minimum atomic E-state index is -0.207. The van der Waals surface area contributed by atoms with Gasteiger partial charge in [-0.15, -0.1) is 16.4 Å². The lowest BCUT2D eigenvalue weighted by molar-refractivity contribution is 0.102. The van der Waals surface area contributed by atoms with Gasteiger partial charge >= 0.3 is 0 Å². The lowest BCUT2D eigenvalue weighted by atomic mass is 10.0. The molecular formula is C19H15IN4OS. The smallest absolute Gasteiger partial charge is 0.259 e. The minimum Gasteiger partial charge on any atom is -0.289 e. The molecule has 4 rings (SSSR count). The van der Waals surface area contributed by atoms with Crippen LogP contribution in [0.1, 0.15) is 21.5 Å². The molecule has 1 N–H and O–H groups in total. The zero-order valence-corrected chi connectivity index (χ0v) is 17.1. The fourth-order valence-corrected chi connectivity index (χ4v) is 4.29. The molecule has 4 aromatic rings. The summed E-state index contributed by atoms with van der Waals surface area (Å²) >= 11 is 3.65. The fraction of sp³-hybridized carbons (Fsp3) is 0.105. The van der Waals surface area contributed by atoms with Crippen molar-refractivity contribution >= 4 is 50.7 Å². The second kappa shape index (κ2) is 6.81. The number of halogens is 1. The van der Waals surface area contributed by atoms with Crippen molar-refractivity contribution < 1.29 is 4.79 Å². The van der Waals surface area contributed by atoms with Gasteiger partial charge < -0.3 is 0 Å². The topological polar surface area (TPSA) is 59.3 Å². The van der Waals surface area contributed by atoms with E-state index in [4.69, 9.17) is 0 Å². The van der Waals surface area contributed by atoms with E-state index < -0.39 is 0 Å². The molecule has 2 aromatic heterocycles. The number of nitrogens with zero attached hydrogens (tertiary/aromatic N) is 3. The van der Waals surface area contributed by atoms with E-state index in [2.05, 4.69) is 70.0 Å². The van der Waals surface area contributed by atoms with Crippen LogP contribution in [0.2, 0.25) is 0 Å². The Morgan fingerprint density at radius 2 is 2.00 bits per heavy atom. The maximum Gasteiger partial charge on any atom is 0.259 e. The average Bonchev–Trinajstić information content (AvgIpc) is 3.16. The molecule has 7 heteroatoms. The van der Waals surface area contributed by atoms with Gasteiger partial charge in [0.1, 0.15) is 0 Å². The molecule has 0 saturated carbocycles. The van der Waals surface area contributed by atoms with Crippen LogP contribution >= 0.6 is 33.9 Å². The van der Waals surface area contributed by atoms with Gasteiger partial charge in [-0.2, -0.15) is 4.98 Å². The highest BCUT2D eigenvalue weighted by Gasteiger charge is 2.16. The number of fused-ring (bicyclic) bond motifs is 1. The van der Waals surface area contributed by atoms with Gasteiger partial charge in [0.05, 0.1) is 11.3 Å². The van der Waals surface area contributed by atoms with Crippen molar-refractivity contribution in [2.45, 2.75) is 13.8 Å². The number of aromatic nitrogens is 3. The standard InChI is InChI=1S/C19H15IN4OS/c1-11-7-8-13(12(2)9-11)16-10-26-19-22-18(23-24(16)19)21-17(25)14-5-3-4-6-15(14)20/h3-10H,1-2H3,(H,21,23,25). The van der Waals surface area contributed by atoms with Crippen LogP contribution in [0.5, 0.6) is 0 Å². The van der Waals surface area contributed by atoms with Crippen LogP contribution in [-0.4, -0.2) is 20.5 Å². The van der Waals surface area contributed by atoms with Gasteiger partial charge in [0.2, 0.25) is 4.96 Å². The first kappa shape index (κ1) is 17.2. The fourth-order valence-electron chi connectivity index (χ4n) is 2.84. The summed E-state index contributed by atoms with van der Waals surface area (Å²) in [5, 5.41) is 9.33. The van der Waals surface area contributed by atoms with Crippen LogP contribution in [0.3, 0.4) is 0 Å². The molecule has 2 aromatic carbocycles. The molecule has 1 amide bonds. The molecule has 0 atom stereocenters. The van der Waals surface area contributed by atoms with Gasteiger partial charge in [-0.1, -0.05) is 35.9 Å². The number of anilines is 1. The number of amides is 1. The van der Waals surface area contributed by atoms with Gasteiger partial charge in [0.15, 0.2) is 0 Å². The molecule has 5 nitrogen and oxygen atoms in total. The van der Waals surface area contributed by atoms with Crippen molar-refractivity contribution in [1.29, 1.82) is 0 Å². The molecule has 0 saturated heterocycles. The highest BCUT2D eigenvalue weighted by Crippen LogP contribution is 2.29. The van der Waals surface area contributed by atoms with Crippen molar-refractivity contribution in [2.24, 2.45) is 0 Å². The van der Waals surface area contributed by atoms with Crippen LogP contribution in [0.25, 0.3) is 16.2 Å². The molecule has 0 unspecified atom stereocenters. The highest BCUT2D eigenvalue weighted by molar-refractivity contribution is 14.1. The zero-order chi connectivity index (χ0) is 18.3. The third kappa shape index (κ3) is 3.12. The lowest BCUT2D eigenvalue weighted by Gasteiger charge is -2.05. The van der Waals surface area contributed by atoms with Gasteiger partial charge in [-0.05, 0) is 54.1 Å². The summed E-state index contributed by atoms with van der Waals surface area (Å²) in [5.41, 5.74) is 5.11. The third-order valence-electron chi connectivity index (χ3n) is 4.08. The average molecular weight is 474 g/mol. The van der Waals surface area contributed by atoms with Crippen LogP contribution in [0.4, 0.5) is 5.95 Å². The van der Waals surface area contributed by atoms with Crippen LogP contribution in [0, 0.1) is 17.4 Å². The monoisotopic (exact) mass is 474 g/mol. The Hall–Kier alpha value is -2.26. The normalized spacial score (nSPS) is 11.0. The summed E-state index contributed by atoms with van der Waals surface area (Å²) in [6.07, 6.45) is 0. The minimum absolute atomic E-state index is 0.207. The van der Waals surface area contributed by atoms with Gasteiger partial charge in [-0.25, -0.2) is 4.52 Å². The molecule has 0 aliphatic heterocycles. The second-order valence-corrected chi connectivity index (χ2v) is 8.00. The first-order chi connectivity index (χ1) is 12.5. The van der Waals surface area contributed by atoms with Gasteiger partial charge in [0.25, 0.3) is 11.9 Å². The zero-order valence-electron chi connectivity index (χ0n) is 14.2. The Bertz CT molecular complexity index is 1130. The molecule has 0 bridgehead atoms. The molecular weight excluding hydrogens is 459 g/mol. The summed E-state index contributed by atoms with van der Waals surface area (Å²) in [7, 11) is 0. The van der Waals surface area contributed by atoms with Crippen molar-refractivity contribution in [2.75, 3.05) is 5.32 Å². The van der Waals surface area contributed by atoms with Crippen molar-refractivity contribution in [3.63, 3.8) is 0 Å². The molecule has 0 fully saturated rings. The van der Waals surface area contributed by atoms with Crippen molar-refractivity contribution in [3.8, 4) is 11.3 Å². The summed E-state index contributed by atoms with van der Waals surface area (Å²) in [6, 6.07) is 13.8. The van der Waals surface area contributed by atoms with Crippen molar-refractivity contribution in [3.05, 3.63) is 68.1 Å². The first-order valence-corrected chi connectivity index (χ1v) is 9.96. The maximum absolute atomic E-state index is 12.5. The molecule has 0 aliphatic carbocycles. The number of hydrogen-bond acceptors (Lipinski definition) is 4. The number of hydrogen-bond donors (Lipinski definition) is 1. The summed E-state index contributed by atoms with van der Waals surface area (Å²) in [6.45, 7) is 4.16. The van der Waals surface area contributed by atoms with E-state index in [1.54, 1.807) is 10.6 Å². The summed E-state index contributed by atoms with van der Waals surface area (Å²) < 4.78 is 2.67. The Morgan fingerprint density at radius 3 is 2.77 bits per heavy atom. The molecule has 0 spiro atoms. The Balaban J connectivity index is 1.68. The van der Waals surface area contributed by atoms with Crippen molar-refractivity contribution in [1.82, 2.24) is 14.6 Å². The summed E-state index contributed by atoms with van der Waals surface area (Å²) in [4.78, 5) is 17.7. The number of rotatable bonds is 3. The maximum atomic E-state index is 12.5. The molecule has 26 heavy (non-hydrogen) atoms. The van der Waals surface area contributed by atoms with E-state index in [-0.39, 0.29) is 5.91 Å². The van der Waals surface area contributed by atoms with Gasteiger partial charge in [-0.3, -0.25) is 10.1 Å². The van der Waals surface area contributed by atoms with E-state index in [0.717, 1.165) is 19.8 Å². The second-order valence-electron chi connectivity index (χ2n) is 6.00. The van der Waals surface area contributed by atoms with Crippen LogP contribution in [0.15, 0.2) is 47.8 Å². The first-order valence-electron chi connectivity index (χ1n) is 8.01. The van der Waals surface area contributed by atoms with E-state index in [1.807, 2.05) is 23.6 Å². The van der Waals surface area contributed by atoms with Crippen LogP contribution in [-0.2, 0) is 0 Å². The molecule has 2 heterocycles. The van der Waals surface area contributed by atoms with E-state index >= 15 is 0 Å². The third-order valence-corrected chi connectivity index (χ3v) is 5.84. The van der Waals surface area contributed by atoms with E-state index in [0.29, 0.717) is 11.5 Å². The Labute approximate surface area is 168 Å². The number of carbonyl (C=O) groups excluding carboxylic acids is 1. The van der Waals surface area contributed by atoms with E-state index in [9.17, 15) is 4.79 Å². The van der Waals surface area contributed by atoms with E-state index in [1.165, 1.54) is 22.5 Å².